The number of aryl methyl sites for hydroxylation is 1. The molecule has 1 N–H and O–H groups in total. The van der Waals surface area contributed by atoms with Crippen molar-refractivity contribution in [2.75, 3.05) is 31.5 Å². The first-order valence-electron chi connectivity index (χ1n) is 9.36. The van der Waals surface area contributed by atoms with Crippen molar-refractivity contribution in [1.82, 2.24) is 9.80 Å². The Morgan fingerprint density at radius 3 is 2.46 bits per heavy atom. The van der Waals surface area contributed by atoms with Gasteiger partial charge in [0.2, 0.25) is 5.91 Å². The molecular weight excluding hydrogens is 374 g/mol. The molecule has 0 saturated carbocycles. The molecule has 0 spiro atoms. The van der Waals surface area contributed by atoms with Crippen LogP contribution in [0.1, 0.15) is 17.5 Å². The number of hydrogen-bond acceptors (Lipinski definition) is 2. The van der Waals surface area contributed by atoms with E-state index in [4.69, 9.17) is 11.6 Å². The molecular formula is C22H24ClN3O2. The van der Waals surface area contributed by atoms with Crippen LogP contribution in [0, 0.1) is 6.92 Å². The van der Waals surface area contributed by atoms with Crippen LogP contribution in [0.25, 0.3) is 6.08 Å². The molecule has 1 saturated heterocycles. The molecule has 5 nitrogen and oxygen atoms in total. The lowest BCUT2D eigenvalue weighted by Crippen LogP contribution is -2.39. The average molecular weight is 398 g/mol. The SMILES string of the molecule is Cc1ccc(/C=C/C(=O)N2CCCN(C(=O)Nc3cccc(Cl)c3)CC2)cc1. The zero-order valence-corrected chi connectivity index (χ0v) is 16.7. The molecule has 3 rings (SSSR count). The van der Waals surface area contributed by atoms with Crippen molar-refractivity contribution in [2.24, 2.45) is 0 Å². The second-order valence-electron chi connectivity index (χ2n) is 6.85. The van der Waals surface area contributed by atoms with Crippen molar-refractivity contribution in [3.05, 3.63) is 70.8 Å². The van der Waals surface area contributed by atoms with E-state index in [0.717, 1.165) is 12.0 Å². The summed E-state index contributed by atoms with van der Waals surface area (Å²) in [4.78, 5) is 28.5. The van der Waals surface area contributed by atoms with Crippen LogP contribution in [0.4, 0.5) is 10.5 Å². The third-order valence-corrected chi connectivity index (χ3v) is 4.90. The fraction of sp³-hybridized carbons (Fsp3) is 0.273. The lowest BCUT2D eigenvalue weighted by Gasteiger charge is -2.22. The second-order valence-corrected chi connectivity index (χ2v) is 7.29. The van der Waals surface area contributed by atoms with Gasteiger partial charge in [-0.05, 0) is 43.2 Å². The minimum absolute atomic E-state index is 0.0299. The van der Waals surface area contributed by atoms with Gasteiger partial charge in [0.05, 0.1) is 0 Å². The zero-order chi connectivity index (χ0) is 19.9. The lowest BCUT2D eigenvalue weighted by molar-refractivity contribution is -0.125. The van der Waals surface area contributed by atoms with Gasteiger partial charge in [0, 0.05) is 43.0 Å². The maximum absolute atomic E-state index is 12.5. The second kappa shape index (κ2) is 9.42. The molecule has 1 aliphatic rings. The number of urea groups is 1. The van der Waals surface area contributed by atoms with Crippen molar-refractivity contribution in [1.29, 1.82) is 0 Å². The molecule has 1 heterocycles. The highest BCUT2D eigenvalue weighted by molar-refractivity contribution is 6.30. The normalized spacial score (nSPS) is 14.8. The monoisotopic (exact) mass is 397 g/mol. The van der Waals surface area contributed by atoms with Gasteiger partial charge < -0.3 is 15.1 Å². The Hall–Kier alpha value is -2.79. The Labute approximate surface area is 170 Å². The van der Waals surface area contributed by atoms with Crippen LogP contribution in [-0.4, -0.2) is 47.9 Å². The number of amides is 3. The van der Waals surface area contributed by atoms with Gasteiger partial charge in [0.25, 0.3) is 0 Å². The molecule has 0 bridgehead atoms. The third kappa shape index (κ3) is 5.60. The number of benzene rings is 2. The minimum Gasteiger partial charge on any atom is -0.337 e. The maximum atomic E-state index is 12.5. The molecule has 2 aromatic carbocycles. The Morgan fingerprint density at radius 2 is 1.71 bits per heavy atom. The number of carbonyl (C=O) groups is 2. The Bertz CT molecular complexity index is 864. The highest BCUT2D eigenvalue weighted by Gasteiger charge is 2.21. The minimum atomic E-state index is -0.174. The molecule has 0 radical (unpaired) electrons. The summed E-state index contributed by atoms with van der Waals surface area (Å²) in [5, 5.41) is 3.44. The maximum Gasteiger partial charge on any atom is 0.321 e. The van der Waals surface area contributed by atoms with Crippen molar-refractivity contribution in [3.63, 3.8) is 0 Å². The Balaban J connectivity index is 1.54. The van der Waals surface area contributed by atoms with Crippen LogP contribution in [0.3, 0.4) is 0 Å². The summed E-state index contributed by atoms with van der Waals surface area (Å²) in [6.07, 6.45) is 4.18. The van der Waals surface area contributed by atoms with Crippen LogP contribution in [-0.2, 0) is 4.79 Å². The summed E-state index contributed by atoms with van der Waals surface area (Å²) in [6.45, 7) is 4.29. The summed E-state index contributed by atoms with van der Waals surface area (Å²) in [6, 6.07) is 14.9. The first-order valence-corrected chi connectivity index (χ1v) is 9.74. The van der Waals surface area contributed by atoms with Crippen molar-refractivity contribution >= 4 is 35.3 Å². The molecule has 0 atom stereocenters. The van der Waals surface area contributed by atoms with Gasteiger partial charge in [0.15, 0.2) is 0 Å². The van der Waals surface area contributed by atoms with Gasteiger partial charge in [0.1, 0.15) is 0 Å². The van der Waals surface area contributed by atoms with Gasteiger partial charge in [-0.3, -0.25) is 4.79 Å². The first-order chi connectivity index (χ1) is 13.5. The number of rotatable bonds is 3. The first kappa shape index (κ1) is 20.0. The molecule has 3 amide bonds. The number of halogens is 1. The molecule has 146 valence electrons. The van der Waals surface area contributed by atoms with E-state index >= 15 is 0 Å². The van der Waals surface area contributed by atoms with E-state index in [-0.39, 0.29) is 11.9 Å². The van der Waals surface area contributed by atoms with E-state index in [2.05, 4.69) is 5.32 Å². The molecule has 1 fully saturated rings. The Kier molecular flexibility index (Phi) is 6.71. The van der Waals surface area contributed by atoms with Gasteiger partial charge in [-0.25, -0.2) is 4.79 Å². The van der Waals surface area contributed by atoms with Crippen molar-refractivity contribution in [2.45, 2.75) is 13.3 Å². The number of anilines is 1. The largest absolute Gasteiger partial charge is 0.337 e. The summed E-state index contributed by atoms with van der Waals surface area (Å²) >= 11 is 5.96. The van der Waals surface area contributed by atoms with E-state index in [0.29, 0.717) is 36.9 Å². The van der Waals surface area contributed by atoms with Crippen molar-refractivity contribution in [3.8, 4) is 0 Å². The van der Waals surface area contributed by atoms with E-state index in [1.54, 1.807) is 40.1 Å². The molecule has 6 heteroatoms. The predicted molar refractivity (Wildman–Crippen MR) is 113 cm³/mol. The van der Waals surface area contributed by atoms with Gasteiger partial charge >= 0.3 is 6.03 Å². The fourth-order valence-electron chi connectivity index (χ4n) is 3.06. The van der Waals surface area contributed by atoms with Gasteiger partial charge in [-0.1, -0.05) is 47.5 Å². The Morgan fingerprint density at radius 1 is 1.00 bits per heavy atom. The zero-order valence-electron chi connectivity index (χ0n) is 15.9. The molecule has 2 aromatic rings. The van der Waals surface area contributed by atoms with E-state index < -0.39 is 0 Å². The average Bonchev–Trinajstić information content (AvgIpc) is 2.94. The standard InChI is InChI=1S/C22H24ClN3O2/c1-17-6-8-18(9-7-17)10-11-21(27)25-12-3-13-26(15-14-25)22(28)24-20-5-2-4-19(23)16-20/h2,4-11,16H,3,12-15H2,1H3,(H,24,28)/b11-10+. The van der Waals surface area contributed by atoms with E-state index in [1.807, 2.05) is 37.3 Å². The smallest absolute Gasteiger partial charge is 0.321 e. The van der Waals surface area contributed by atoms with Crippen LogP contribution in [0.2, 0.25) is 5.02 Å². The van der Waals surface area contributed by atoms with E-state index in [9.17, 15) is 9.59 Å². The molecule has 0 aliphatic carbocycles. The summed E-state index contributed by atoms with van der Waals surface area (Å²) < 4.78 is 0. The topological polar surface area (TPSA) is 52.7 Å². The summed E-state index contributed by atoms with van der Waals surface area (Å²) in [5.74, 6) is -0.0299. The summed E-state index contributed by atoms with van der Waals surface area (Å²) in [7, 11) is 0. The molecule has 0 unspecified atom stereocenters. The number of hydrogen-bond donors (Lipinski definition) is 1. The van der Waals surface area contributed by atoms with Crippen LogP contribution in [0.15, 0.2) is 54.6 Å². The van der Waals surface area contributed by atoms with Gasteiger partial charge in [-0.2, -0.15) is 0 Å². The predicted octanol–water partition coefficient (Wildman–Crippen LogP) is 4.43. The van der Waals surface area contributed by atoms with Crippen LogP contribution < -0.4 is 5.32 Å². The van der Waals surface area contributed by atoms with Gasteiger partial charge in [-0.15, -0.1) is 0 Å². The van der Waals surface area contributed by atoms with E-state index in [1.165, 1.54) is 5.56 Å². The third-order valence-electron chi connectivity index (χ3n) is 4.67. The number of nitrogens with one attached hydrogen (secondary N) is 1. The fourth-order valence-corrected chi connectivity index (χ4v) is 3.25. The number of nitrogens with zero attached hydrogens (tertiary/aromatic N) is 2. The molecule has 1 aliphatic heterocycles. The summed E-state index contributed by atoms with van der Waals surface area (Å²) in [5.41, 5.74) is 2.85. The van der Waals surface area contributed by atoms with Crippen LogP contribution in [0.5, 0.6) is 0 Å². The number of carbonyl (C=O) groups excluding carboxylic acids is 2. The van der Waals surface area contributed by atoms with Crippen LogP contribution >= 0.6 is 11.6 Å². The lowest BCUT2D eigenvalue weighted by atomic mass is 10.1. The quantitative estimate of drug-likeness (QED) is 0.779. The highest BCUT2D eigenvalue weighted by Crippen LogP contribution is 2.16. The van der Waals surface area contributed by atoms with Crippen molar-refractivity contribution < 1.29 is 9.59 Å². The highest BCUT2D eigenvalue weighted by atomic mass is 35.5. The molecule has 28 heavy (non-hydrogen) atoms. The molecule has 0 aromatic heterocycles.